The highest BCUT2D eigenvalue weighted by Crippen LogP contribution is 2.34. The molecule has 2 aromatic heterocycles. The molecule has 0 aliphatic carbocycles. The Balaban J connectivity index is 1.86. The molecule has 2 aromatic carbocycles. The van der Waals surface area contributed by atoms with Crippen LogP contribution in [0.1, 0.15) is 0 Å². The number of hydrogen-bond donors (Lipinski definition) is 2. The molecular formula is C19H14ClN3O4S2. The number of halogens is 1. The van der Waals surface area contributed by atoms with Crippen LogP contribution in [0.3, 0.4) is 0 Å². The lowest BCUT2D eigenvalue weighted by Gasteiger charge is -2.08. The molecule has 0 radical (unpaired) electrons. The fourth-order valence-corrected chi connectivity index (χ4v) is 6.39. The first-order chi connectivity index (χ1) is 13.8. The van der Waals surface area contributed by atoms with E-state index in [4.69, 9.17) is 11.6 Å². The lowest BCUT2D eigenvalue weighted by atomic mass is 10.1. The number of sulfone groups is 2. The minimum absolute atomic E-state index is 0.0640. The molecule has 0 aliphatic rings. The fraction of sp³-hybridized carbons (Fsp3) is 0. The SMILES string of the molecule is O=S(=O)(c1ccc(Cl)cc1)c1c[nH]cc1S(=O)(=O)c1[nH]ncc1-c1ccccc1. The number of aromatic amines is 2. The second kappa shape index (κ2) is 7.18. The van der Waals surface area contributed by atoms with Crippen molar-refractivity contribution in [1.29, 1.82) is 0 Å². The summed E-state index contributed by atoms with van der Waals surface area (Å²) in [6.07, 6.45) is 3.69. The molecule has 0 saturated heterocycles. The highest BCUT2D eigenvalue weighted by molar-refractivity contribution is 7.94. The van der Waals surface area contributed by atoms with E-state index >= 15 is 0 Å². The van der Waals surface area contributed by atoms with E-state index in [9.17, 15) is 16.8 Å². The predicted octanol–water partition coefficient (Wildman–Crippen LogP) is 3.72. The molecule has 0 aliphatic heterocycles. The van der Waals surface area contributed by atoms with E-state index in [2.05, 4.69) is 15.2 Å². The van der Waals surface area contributed by atoms with Gasteiger partial charge in [-0.15, -0.1) is 0 Å². The van der Waals surface area contributed by atoms with E-state index in [1.165, 1.54) is 30.5 Å². The predicted molar refractivity (Wildman–Crippen MR) is 107 cm³/mol. The van der Waals surface area contributed by atoms with Crippen molar-refractivity contribution in [3.05, 3.63) is 78.2 Å². The molecule has 0 fully saturated rings. The van der Waals surface area contributed by atoms with E-state index in [-0.39, 0.29) is 19.7 Å². The standard InChI is InChI=1S/C19H14ClN3O4S2/c20-14-6-8-15(9-7-14)28(24,25)17-11-21-12-18(17)29(26,27)19-16(10-22-23-19)13-4-2-1-3-5-13/h1-12,21H,(H,22,23). The zero-order valence-electron chi connectivity index (χ0n) is 14.7. The molecule has 148 valence electrons. The zero-order chi connectivity index (χ0) is 20.6. The summed E-state index contributed by atoms with van der Waals surface area (Å²) in [5.74, 6) is 0. The third-order valence-corrected chi connectivity index (χ3v) is 8.29. The van der Waals surface area contributed by atoms with Crippen molar-refractivity contribution in [1.82, 2.24) is 15.2 Å². The molecule has 4 aromatic rings. The number of H-pyrrole nitrogens is 2. The molecule has 0 atom stereocenters. The fourth-order valence-electron chi connectivity index (χ4n) is 2.91. The monoisotopic (exact) mass is 447 g/mol. The van der Waals surface area contributed by atoms with Crippen LogP contribution in [0.25, 0.3) is 11.1 Å². The molecule has 4 rings (SSSR count). The maximum atomic E-state index is 13.3. The summed E-state index contributed by atoms with van der Waals surface area (Å²) in [7, 11) is -8.31. The number of nitrogens with one attached hydrogen (secondary N) is 2. The van der Waals surface area contributed by atoms with Gasteiger partial charge in [0, 0.05) is 23.0 Å². The second-order valence-corrected chi connectivity index (χ2v) is 10.3. The summed E-state index contributed by atoms with van der Waals surface area (Å²) in [5, 5.41) is 6.54. The molecular weight excluding hydrogens is 434 g/mol. The van der Waals surface area contributed by atoms with Crippen molar-refractivity contribution >= 4 is 31.3 Å². The van der Waals surface area contributed by atoms with Crippen molar-refractivity contribution in [3.8, 4) is 11.1 Å². The van der Waals surface area contributed by atoms with Crippen molar-refractivity contribution in [2.24, 2.45) is 0 Å². The molecule has 2 heterocycles. The number of aromatic nitrogens is 3. The largest absolute Gasteiger partial charge is 0.365 e. The Kier molecular flexibility index (Phi) is 4.81. The Morgan fingerprint density at radius 2 is 1.41 bits per heavy atom. The third kappa shape index (κ3) is 3.37. The lowest BCUT2D eigenvalue weighted by molar-refractivity contribution is 0.581. The second-order valence-electron chi connectivity index (χ2n) is 6.12. The van der Waals surface area contributed by atoms with E-state index in [0.29, 0.717) is 16.1 Å². The number of nitrogens with zero attached hydrogens (tertiary/aromatic N) is 1. The summed E-state index contributed by atoms with van der Waals surface area (Å²) >= 11 is 5.83. The first-order valence-electron chi connectivity index (χ1n) is 8.33. The summed E-state index contributed by atoms with van der Waals surface area (Å²) in [4.78, 5) is 1.81. The van der Waals surface area contributed by atoms with Crippen LogP contribution in [0, 0.1) is 0 Å². The van der Waals surface area contributed by atoms with Crippen LogP contribution >= 0.6 is 11.6 Å². The van der Waals surface area contributed by atoms with Gasteiger partial charge in [-0.25, -0.2) is 16.8 Å². The molecule has 0 amide bonds. The van der Waals surface area contributed by atoms with Gasteiger partial charge >= 0.3 is 0 Å². The Hall–Kier alpha value is -2.88. The quantitative estimate of drug-likeness (QED) is 0.484. The Labute approximate surface area is 172 Å². The van der Waals surface area contributed by atoms with Crippen molar-refractivity contribution in [2.75, 3.05) is 0 Å². The summed E-state index contributed by atoms with van der Waals surface area (Å²) in [5.41, 5.74) is 0.985. The van der Waals surface area contributed by atoms with Gasteiger partial charge < -0.3 is 4.98 Å². The molecule has 0 bridgehead atoms. The summed E-state index contributed by atoms with van der Waals surface area (Å²) in [6, 6.07) is 14.3. The van der Waals surface area contributed by atoms with Crippen LogP contribution in [0.4, 0.5) is 0 Å². The summed E-state index contributed by atoms with van der Waals surface area (Å²) < 4.78 is 52.7. The highest BCUT2D eigenvalue weighted by atomic mass is 35.5. The van der Waals surface area contributed by atoms with E-state index in [1.807, 2.05) is 0 Å². The first kappa shape index (κ1) is 19.4. The molecule has 2 N–H and O–H groups in total. The number of rotatable bonds is 5. The molecule has 29 heavy (non-hydrogen) atoms. The Bertz CT molecular complexity index is 1370. The van der Waals surface area contributed by atoms with Crippen molar-refractivity contribution in [2.45, 2.75) is 19.7 Å². The van der Waals surface area contributed by atoms with Crippen LogP contribution in [-0.2, 0) is 19.7 Å². The van der Waals surface area contributed by atoms with Gasteiger partial charge in [-0.05, 0) is 29.8 Å². The van der Waals surface area contributed by atoms with Crippen LogP contribution < -0.4 is 0 Å². The van der Waals surface area contributed by atoms with Crippen LogP contribution in [0.2, 0.25) is 5.02 Å². The van der Waals surface area contributed by atoms with Gasteiger partial charge in [0.2, 0.25) is 19.7 Å². The maximum Gasteiger partial charge on any atom is 0.226 e. The Morgan fingerprint density at radius 1 is 0.793 bits per heavy atom. The van der Waals surface area contributed by atoms with Gasteiger partial charge in [-0.3, -0.25) is 5.10 Å². The van der Waals surface area contributed by atoms with E-state index in [1.54, 1.807) is 30.3 Å². The van der Waals surface area contributed by atoms with Crippen molar-refractivity contribution < 1.29 is 16.8 Å². The minimum atomic E-state index is -4.22. The first-order valence-corrected chi connectivity index (χ1v) is 11.7. The van der Waals surface area contributed by atoms with Gasteiger partial charge in [0.15, 0.2) is 5.03 Å². The summed E-state index contributed by atoms with van der Waals surface area (Å²) in [6.45, 7) is 0. The van der Waals surface area contributed by atoms with Gasteiger partial charge in [0.1, 0.15) is 9.79 Å². The van der Waals surface area contributed by atoms with Crippen molar-refractivity contribution in [3.63, 3.8) is 0 Å². The molecule has 0 saturated carbocycles. The normalized spacial score (nSPS) is 12.2. The number of hydrogen-bond acceptors (Lipinski definition) is 5. The average Bonchev–Trinajstić information content (AvgIpc) is 3.40. The van der Waals surface area contributed by atoms with Gasteiger partial charge in [0.05, 0.1) is 11.1 Å². The minimum Gasteiger partial charge on any atom is -0.365 e. The van der Waals surface area contributed by atoms with Crippen LogP contribution in [0.5, 0.6) is 0 Å². The van der Waals surface area contributed by atoms with Gasteiger partial charge in [0.25, 0.3) is 0 Å². The zero-order valence-corrected chi connectivity index (χ0v) is 17.1. The maximum absolute atomic E-state index is 13.3. The highest BCUT2D eigenvalue weighted by Gasteiger charge is 2.33. The molecule has 10 heteroatoms. The van der Waals surface area contributed by atoms with E-state index in [0.717, 1.165) is 12.4 Å². The topological polar surface area (TPSA) is 113 Å². The smallest absolute Gasteiger partial charge is 0.226 e. The van der Waals surface area contributed by atoms with Crippen LogP contribution in [0.15, 0.2) is 92.9 Å². The number of benzene rings is 2. The van der Waals surface area contributed by atoms with Gasteiger partial charge in [-0.1, -0.05) is 41.9 Å². The van der Waals surface area contributed by atoms with Crippen LogP contribution in [-0.4, -0.2) is 32.0 Å². The third-order valence-electron chi connectivity index (χ3n) is 4.33. The average molecular weight is 448 g/mol. The lowest BCUT2D eigenvalue weighted by Crippen LogP contribution is -2.10. The molecule has 7 nitrogen and oxygen atoms in total. The molecule has 0 unspecified atom stereocenters. The molecule has 0 spiro atoms. The van der Waals surface area contributed by atoms with Gasteiger partial charge in [-0.2, -0.15) is 5.10 Å². The van der Waals surface area contributed by atoms with E-state index < -0.39 is 19.7 Å². The Morgan fingerprint density at radius 3 is 2.07 bits per heavy atom.